The maximum Gasteiger partial charge on any atom is 0.231 e. The van der Waals surface area contributed by atoms with Crippen molar-refractivity contribution in [1.29, 1.82) is 0 Å². The number of benzene rings is 2. The van der Waals surface area contributed by atoms with E-state index >= 15 is 0 Å². The van der Waals surface area contributed by atoms with Crippen molar-refractivity contribution in [2.24, 2.45) is 0 Å². The normalized spacial score (nSPS) is 12.6. The van der Waals surface area contributed by atoms with E-state index in [9.17, 15) is 0 Å². The maximum absolute atomic E-state index is 5.41. The number of rotatable bonds is 4. The minimum Gasteiger partial charge on any atom is -0.454 e. The molecule has 116 valence electrons. The van der Waals surface area contributed by atoms with Gasteiger partial charge in [0.2, 0.25) is 6.79 Å². The minimum absolute atomic E-state index is 0.297. The monoisotopic (exact) mass is 325 g/mol. The third-order valence-electron chi connectivity index (χ3n) is 3.62. The van der Waals surface area contributed by atoms with E-state index in [2.05, 4.69) is 15.3 Å². The Kier molecular flexibility index (Phi) is 3.67. The van der Waals surface area contributed by atoms with E-state index in [0.717, 1.165) is 44.7 Å². The lowest BCUT2D eigenvalue weighted by atomic mass is 10.2. The summed E-state index contributed by atoms with van der Waals surface area (Å²) in [6.45, 7) is 0.297. The second-order valence-corrected chi connectivity index (χ2v) is 6.04. The number of para-hydroxylation sites is 1. The molecule has 23 heavy (non-hydrogen) atoms. The lowest BCUT2D eigenvalue weighted by Crippen LogP contribution is -1.98. The van der Waals surface area contributed by atoms with Crippen LogP contribution in [0.15, 0.2) is 47.6 Å². The predicted octanol–water partition coefficient (Wildman–Crippen LogP) is 3.69. The van der Waals surface area contributed by atoms with E-state index in [-0.39, 0.29) is 0 Å². The van der Waals surface area contributed by atoms with Gasteiger partial charge in [-0.1, -0.05) is 30.0 Å². The predicted molar refractivity (Wildman–Crippen MR) is 91.2 cm³/mol. The van der Waals surface area contributed by atoms with Crippen LogP contribution in [0, 0.1) is 0 Å². The summed E-state index contributed by atoms with van der Waals surface area (Å²) in [7, 11) is 1.88. The van der Waals surface area contributed by atoms with Crippen molar-refractivity contribution in [2.45, 2.75) is 10.9 Å². The zero-order chi connectivity index (χ0) is 15.6. The standard InChI is InChI=1S/C17H15N3O2S/c1-18-16-12-4-2-3-5-13(12)19-17(20-16)23-9-11-6-7-14-15(8-11)22-10-21-14/h2-8H,9-10H2,1H3,(H,18,19,20). The molecule has 0 fully saturated rings. The lowest BCUT2D eigenvalue weighted by molar-refractivity contribution is 0.174. The first-order valence-corrected chi connectivity index (χ1v) is 8.28. The second-order valence-electron chi connectivity index (χ2n) is 5.10. The zero-order valence-corrected chi connectivity index (χ0v) is 13.4. The molecule has 2 aromatic carbocycles. The molecule has 0 bridgehead atoms. The summed E-state index contributed by atoms with van der Waals surface area (Å²) in [5.41, 5.74) is 2.10. The number of nitrogens with zero attached hydrogens (tertiary/aromatic N) is 2. The largest absolute Gasteiger partial charge is 0.454 e. The first-order chi connectivity index (χ1) is 11.3. The highest BCUT2D eigenvalue weighted by molar-refractivity contribution is 7.98. The van der Waals surface area contributed by atoms with E-state index in [1.165, 1.54) is 0 Å². The first-order valence-electron chi connectivity index (χ1n) is 7.29. The van der Waals surface area contributed by atoms with Gasteiger partial charge < -0.3 is 14.8 Å². The summed E-state index contributed by atoms with van der Waals surface area (Å²) in [4.78, 5) is 9.22. The van der Waals surface area contributed by atoms with E-state index in [0.29, 0.717) is 6.79 Å². The molecule has 1 aliphatic heterocycles. The van der Waals surface area contributed by atoms with E-state index in [1.807, 2.05) is 49.5 Å². The molecule has 0 amide bonds. The molecule has 6 heteroatoms. The molecule has 0 radical (unpaired) electrons. The van der Waals surface area contributed by atoms with Crippen LogP contribution in [0.4, 0.5) is 5.82 Å². The molecule has 4 rings (SSSR count). The Labute approximate surface area is 138 Å². The molecule has 0 spiro atoms. The third-order valence-corrected chi connectivity index (χ3v) is 4.54. The summed E-state index contributed by atoms with van der Waals surface area (Å²) < 4.78 is 10.7. The molecule has 1 aromatic heterocycles. The Morgan fingerprint density at radius 1 is 1.09 bits per heavy atom. The Balaban J connectivity index is 1.58. The highest BCUT2D eigenvalue weighted by Gasteiger charge is 2.13. The summed E-state index contributed by atoms with van der Waals surface area (Å²) in [5.74, 6) is 3.23. The van der Waals surface area contributed by atoms with Crippen LogP contribution < -0.4 is 14.8 Å². The molecule has 1 N–H and O–H groups in total. The Hall–Kier alpha value is -2.47. The molecule has 0 atom stereocenters. The van der Waals surface area contributed by atoms with Crippen LogP contribution in [0.2, 0.25) is 0 Å². The Morgan fingerprint density at radius 2 is 1.96 bits per heavy atom. The van der Waals surface area contributed by atoms with Crippen LogP contribution in [0.25, 0.3) is 10.9 Å². The summed E-state index contributed by atoms with van der Waals surface area (Å²) in [6, 6.07) is 14.0. The fraction of sp³-hybridized carbons (Fsp3) is 0.176. The Bertz CT molecular complexity index is 870. The number of hydrogen-bond acceptors (Lipinski definition) is 6. The molecule has 5 nitrogen and oxygen atoms in total. The van der Waals surface area contributed by atoms with Crippen molar-refractivity contribution in [2.75, 3.05) is 19.2 Å². The van der Waals surface area contributed by atoms with Gasteiger partial charge in [-0.3, -0.25) is 0 Å². The summed E-state index contributed by atoms with van der Waals surface area (Å²) in [6.07, 6.45) is 0. The van der Waals surface area contributed by atoms with Crippen LogP contribution in [0.5, 0.6) is 11.5 Å². The molecular weight excluding hydrogens is 310 g/mol. The maximum atomic E-state index is 5.41. The average molecular weight is 325 g/mol. The zero-order valence-electron chi connectivity index (χ0n) is 12.6. The van der Waals surface area contributed by atoms with Crippen molar-refractivity contribution >= 4 is 28.5 Å². The van der Waals surface area contributed by atoms with Gasteiger partial charge in [-0.05, 0) is 29.8 Å². The molecule has 0 unspecified atom stereocenters. The van der Waals surface area contributed by atoms with Crippen LogP contribution in [0.1, 0.15) is 5.56 Å². The number of anilines is 1. The SMILES string of the molecule is CNc1nc(SCc2ccc3c(c2)OCO3)nc2ccccc12. The van der Waals surface area contributed by atoms with Crippen molar-refractivity contribution in [3.63, 3.8) is 0 Å². The average Bonchev–Trinajstić information content (AvgIpc) is 3.07. The van der Waals surface area contributed by atoms with Gasteiger partial charge in [-0.2, -0.15) is 0 Å². The number of aromatic nitrogens is 2. The minimum atomic E-state index is 0.297. The number of ether oxygens (including phenoxy) is 2. The van der Waals surface area contributed by atoms with Gasteiger partial charge in [0.1, 0.15) is 5.82 Å². The van der Waals surface area contributed by atoms with Gasteiger partial charge in [0.25, 0.3) is 0 Å². The van der Waals surface area contributed by atoms with Gasteiger partial charge in [0, 0.05) is 18.2 Å². The number of hydrogen-bond donors (Lipinski definition) is 1. The molecule has 3 aromatic rings. The highest BCUT2D eigenvalue weighted by Crippen LogP contribution is 2.34. The van der Waals surface area contributed by atoms with Crippen LogP contribution in [0.3, 0.4) is 0 Å². The van der Waals surface area contributed by atoms with E-state index < -0.39 is 0 Å². The van der Waals surface area contributed by atoms with Gasteiger partial charge in [-0.25, -0.2) is 9.97 Å². The topological polar surface area (TPSA) is 56.3 Å². The van der Waals surface area contributed by atoms with Gasteiger partial charge in [0.05, 0.1) is 5.52 Å². The van der Waals surface area contributed by atoms with E-state index in [1.54, 1.807) is 11.8 Å². The smallest absolute Gasteiger partial charge is 0.231 e. The molecule has 2 heterocycles. The lowest BCUT2D eigenvalue weighted by Gasteiger charge is -2.08. The summed E-state index contributed by atoms with van der Waals surface area (Å²) >= 11 is 1.60. The fourth-order valence-electron chi connectivity index (χ4n) is 2.49. The number of thioether (sulfide) groups is 1. The van der Waals surface area contributed by atoms with Crippen molar-refractivity contribution in [1.82, 2.24) is 9.97 Å². The Morgan fingerprint density at radius 3 is 2.87 bits per heavy atom. The third kappa shape index (κ3) is 2.77. The van der Waals surface area contributed by atoms with Crippen LogP contribution in [-0.2, 0) is 5.75 Å². The summed E-state index contributed by atoms with van der Waals surface area (Å²) in [5, 5.41) is 4.93. The second kappa shape index (κ2) is 5.96. The molecule has 0 saturated carbocycles. The van der Waals surface area contributed by atoms with Gasteiger partial charge in [-0.15, -0.1) is 0 Å². The molecule has 1 aliphatic rings. The van der Waals surface area contributed by atoms with Gasteiger partial charge >= 0.3 is 0 Å². The van der Waals surface area contributed by atoms with Crippen LogP contribution >= 0.6 is 11.8 Å². The first kappa shape index (κ1) is 14.1. The molecule has 0 aliphatic carbocycles. The van der Waals surface area contributed by atoms with Gasteiger partial charge in [0.15, 0.2) is 16.7 Å². The van der Waals surface area contributed by atoms with E-state index in [4.69, 9.17) is 9.47 Å². The van der Waals surface area contributed by atoms with Crippen LogP contribution in [-0.4, -0.2) is 23.8 Å². The number of fused-ring (bicyclic) bond motifs is 2. The number of nitrogens with one attached hydrogen (secondary N) is 1. The fourth-order valence-corrected chi connectivity index (χ4v) is 3.28. The van der Waals surface area contributed by atoms with Crippen molar-refractivity contribution in [3.8, 4) is 11.5 Å². The molecular formula is C17H15N3O2S. The quantitative estimate of drug-likeness (QED) is 0.583. The van der Waals surface area contributed by atoms with Crippen molar-refractivity contribution < 1.29 is 9.47 Å². The van der Waals surface area contributed by atoms with Crippen molar-refractivity contribution in [3.05, 3.63) is 48.0 Å². The highest BCUT2D eigenvalue weighted by atomic mass is 32.2. The molecule has 0 saturated heterocycles.